The summed E-state index contributed by atoms with van der Waals surface area (Å²) < 4.78 is 8.46. The Hall–Kier alpha value is -0.550. The van der Waals surface area contributed by atoms with Crippen LogP contribution in [-0.4, -0.2) is 22.0 Å². The Balaban J connectivity index is -0.000000177. The highest BCUT2D eigenvalue weighted by Crippen LogP contribution is 1.91. The van der Waals surface area contributed by atoms with Crippen molar-refractivity contribution in [3.05, 3.63) is 0 Å². The lowest BCUT2D eigenvalue weighted by atomic mass is 10.2. The highest BCUT2D eigenvalue weighted by atomic mass is 31.1. The Labute approximate surface area is 72.6 Å². The molecule has 0 bridgehead atoms. The van der Waals surface area contributed by atoms with E-state index in [1.807, 2.05) is 6.92 Å². The largest absolute Gasteiger partial charge is 0.480 e. The average Bonchev–Trinajstić information content (AvgIpc) is 1.90. The zero-order chi connectivity index (χ0) is 9.28. The van der Waals surface area contributed by atoms with E-state index in [1.54, 1.807) is 0 Å². The van der Waals surface area contributed by atoms with Crippen LogP contribution in [0, 0.1) is 0 Å². The van der Waals surface area contributed by atoms with Gasteiger partial charge in [-0.15, -0.1) is 0 Å². The van der Waals surface area contributed by atoms with E-state index >= 15 is 0 Å². The fourth-order valence-corrected chi connectivity index (χ4v) is 0.434. The number of carboxylic acid groups (broad SMARTS) is 1. The number of aliphatic carboxylic acids is 1. The molecule has 0 saturated heterocycles. The maximum atomic E-state index is 9.96. The van der Waals surface area contributed by atoms with Crippen LogP contribution in [0.3, 0.4) is 0 Å². The first-order valence-corrected chi connectivity index (χ1v) is 3.81. The van der Waals surface area contributed by atoms with Gasteiger partial charge in [0.1, 0.15) is 6.04 Å². The quantitative estimate of drug-likeness (QED) is 0.497. The predicted octanol–water partition coefficient (Wildman–Crippen LogP) is 0.760. The Morgan fingerprint density at radius 2 is 2.00 bits per heavy atom. The third-order valence-corrected chi connectivity index (χ3v) is 0.917. The second-order valence-electron chi connectivity index (χ2n) is 1.82. The third-order valence-electron chi connectivity index (χ3n) is 0.917. The number of carboxylic acids is 1. The van der Waals surface area contributed by atoms with Crippen LogP contribution >= 0.6 is 8.69 Å². The first-order chi connectivity index (χ1) is 5.09. The molecule has 1 atom stereocenters. The van der Waals surface area contributed by atoms with Gasteiger partial charge in [-0.05, 0) is 6.42 Å². The first kappa shape index (κ1) is 17.5. The summed E-state index contributed by atoms with van der Waals surface area (Å²) in [5, 5.41) is 8.19. The normalized spacial score (nSPS) is 10.6. The summed E-state index contributed by atoms with van der Waals surface area (Å²) >= 11 is 0. The van der Waals surface area contributed by atoms with Crippen molar-refractivity contribution in [2.75, 3.05) is 0 Å². The topological polar surface area (TPSA) is 137 Å². The van der Waals surface area contributed by atoms with Crippen LogP contribution in [0.2, 0.25) is 0 Å². The molecule has 0 aliphatic rings. The van der Waals surface area contributed by atoms with Gasteiger partial charge in [0.15, 0.2) is 0 Å². The molecular weight excluding hydrogens is 183 g/mol. The minimum Gasteiger partial charge on any atom is -0.480 e. The van der Waals surface area contributed by atoms with Gasteiger partial charge in [-0.1, -0.05) is 13.3 Å². The van der Waals surface area contributed by atoms with E-state index in [2.05, 4.69) is 0 Å². The van der Waals surface area contributed by atoms with Gasteiger partial charge in [0.25, 0.3) is 0 Å². The summed E-state index contributed by atoms with van der Waals surface area (Å²) in [7, 11) is -0.833. The fourth-order valence-electron chi connectivity index (χ4n) is 0.434. The van der Waals surface area contributed by atoms with Crippen LogP contribution in [0.25, 0.3) is 0 Å². The Morgan fingerprint density at radius 3 is 2.08 bits per heavy atom. The van der Waals surface area contributed by atoms with Crippen LogP contribution in [0.5, 0.6) is 0 Å². The molecule has 8 N–H and O–H groups in total. The van der Waals surface area contributed by atoms with E-state index in [0.717, 1.165) is 6.42 Å². The maximum absolute atomic E-state index is 9.96. The lowest BCUT2D eigenvalue weighted by molar-refractivity contribution is -0.138. The molecule has 0 fully saturated rings. The molecule has 0 aliphatic carbocycles. The smallest absolute Gasteiger partial charge is 0.324 e. The number of nitrogens with two attached hydrogens (primary N) is 1. The molecule has 74 valence electrons. The molecule has 0 rings (SSSR count). The van der Waals surface area contributed by atoms with Crippen LogP contribution in [0.4, 0.5) is 0 Å². The number of quaternary nitrogens is 1. The highest BCUT2D eigenvalue weighted by Gasteiger charge is 2.07. The van der Waals surface area contributed by atoms with Crippen LogP contribution in [0.1, 0.15) is 19.8 Å². The SMILES string of the molecule is CCCC(N)C(=O)O.O=PO.[NH4+]. The third kappa shape index (κ3) is 16.2. The van der Waals surface area contributed by atoms with E-state index in [9.17, 15) is 4.79 Å². The van der Waals surface area contributed by atoms with E-state index in [-0.39, 0.29) is 6.15 Å². The van der Waals surface area contributed by atoms with Crippen LogP contribution < -0.4 is 11.9 Å². The predicted molar refractivity (Wildman–Crippen MR) is 46.3 cm³/mol. The first-order valence-electron chi connectivity index (χ1n) is 3.05. The monoisotopic (exact) mass is 199 g/mol. The molecule has 0 saturated carbocycles. The summed E-state index contributed by atoms with van der Waals surface area (Å²) in [5.41, 5.74) is 5.13. The zero-order valence-corrected chi connectivity index (χ0v) is 8.12. The number of hydrogen-bond donors (Lipinski definition) is 4. The second-order valence-corrected chi connectivity index (χ2v) is 1.98. The van der Waals surface area contributed by atoms with Crippen molar-refractivity contribution in [3.8, 4) is 0 Å². The van der Waals surface area contributed by atoms with E-state index in [1.165, 1.54) is 0 Å². The van der Waals surface area contributed by atoms with Crippen molar-refractivity contribution in [1.29, 1.82) is 0 Å². The van der Waals surface area contributed by atoms with Gasteiger partial charge < -0.3 is 21.9 Å². The summed E-state index contributed by atoms with van der Waals surface area (Å²) in [4.78, 5) is 17.0. The second kappa shape index (κ2) is 13.1. The molecular formula is C5H16N2O4P+. The Morgan fingerprint density at radius 1 is 1.67 bits per heavy atom. The van der Waals surface area contributed by atoms with Gasteiger partial charge in [-0.25, -0.2) is 4.57 Å². The molecule has 0 aliphatic heterocycles. The Bertz CT molecular complexity index is 122. The Kier molecular flexibility index (Phi) is 19.1. The zero-order valence-electron chi connectivity index (χ0n) is 7.23. The standard InChI is InChI=1S/C5H11NO2.H3N.HO2P/c1-2-3-4(6)5(7)8;;1-3-2/h4H,2-3,6H2,1H3,(H,7,8);1H3;(H,1,2)/p+1. The molecule has 7 heteroatoms. The van der Waals surface area contributed by atoms with Gasteiger partial charge in [-0.2, -0.15) is 0 Å². The van der Waals surface area contributed by atoms with E-state index in [0.29, 0.717) is 6.42 Å². The van der Waals surface area contributed by atoms with Gasteiger partial charge >= 0.3 is 14.7 Å². The van der Waals surface area contributed by atoms with Crippen molar-refractivity contribution in [3.63, 3.8) is 0 Å². The molecule has 0 aromatic heterocycles. The van der Waals surface area contributed by atoms with Gasteiger partial charge in [-0.3, -0.25) is 4.79 Å². The van der Waals surface area contributed by atoms with Crippen molar-refractivity contribution in [2.45, 2.75) is 25.8 Å². The molecule has 0 heterocycles. The summed E-state index contributed by atoms with van der Waals surface area (Å²) in [5.74, 6) is -0.910. The highest BCUT2D eigenvalue weighted by molar-refractivity contribution is 7.16. The molecule has 0 aromatic carbocycles. The van der Waals surface area contributed by atoms with Crippen molar-refractivity contribution >= 4 is 14.7 Å². The molecule has 1 unspecified atom stereocenters. The minimum atomic E-state index is -0.910. The summed E-state index contributed by atoms with van der Waals surface area (Å²) in [6, 6.07) is -0.667. The number of rotatable bonds is 3. The van der Waals surface area contributed by atoms with Gasteiger partial charge in [0.05, 0.1) is 0 Å². The van der Waals surface area contributed by atoms with Crippen molar-refractivity contribution in [1.82, 2.24) is 6.15 Å². The molecule has 0 radical (unpaired) electrons. The lowest BCUT2D eigenvalue weighted by Gasteiger charge is -2.00. The van der Waals surface area contributed by atoms with E-state index in [4.69, 9.17) is 20.3 Å². The van der Waals surface area contributed by atoms with Gasteiger partial charge in [0.2, 0.25) is 0 Å². The van der Waals surface area contributed by atoms with E-state index < -0.39 is 20.7 Å². The molecule has 0 amide bonds. The molecule has 12 heavy (non-hydrogen) atoms. The van der Waals surface area contributed by atoms with Crippen molar-refractivity contribution in [2.24, 2.45) is 5.73 Å². The minimum absolute atomic E-state index is 0. The maximum Gasteiger partial charge on any atom is 0.324 e. The fraction of sp³-hybridized carbons (Fsp3) is 0.800. The number of carbonyl (C=O) groups is 1. The van der Waals surface area contributed by atoms with Crippen molar-refractivity contribution < 1.29 is 19.4 Å². The molecule has 6 nitrogen and oxygen atoms in total. The number of hydrogen-bond acceptors (Lipinski definition) is 3. The van der Waals surface area contributed by atoms with Gasteiger partial charge in [0, 0.05) is 0 Å². The lowest BCUT2D eigenvalue weighted by Crippen LogP contribution is -2.29. The summed E-state index contributed by atoms with van der Waals surface area (Å²) in [6.45, 7) is 1.91. The molecule has 0 spiro atoms. The summed E-state index contributed by atoms with van der Waals surface area (Å²) in [6.07, 6.45) is 1.39. The molecule has 0 aromatic rings. The van der Waals surface area contributed by atoms with Crippen LogP contribution in [0.15, 0.2) is 0 Å². The average molecular weight is 199 g/mol. The van der Waals surface area contributed by atoms with Crippen LogP contribution in [-0.2, 0) is 9.36 Å².